The van der Waals surface area contributed by atoms with Crippen LogP contribution in [-0.2, 0) is 10.9 Å². The van der Waals surface area contributed by atoms with Gasteiger partial charge in [-0.1, -0.05) is 6.92 Å². The summed E-state index contributed by atoms with van der Waals surface area (Å²) in [6.45, 7) is 2.91. The van der Waals surface area contributed by atoms with Crippen LogP contribution in [0.2, 0.25) is 0 Å². The van der Waals surface area contributed by atoms with Crippen molar-refractivity contribution in [3.63, 3.8) is 0 Å². The lowest BCUT2D eigenvalue weighted by atomic mass is 9.96. The van der Waals surface area contributed by atoms with Gasteiger partial charge in [0.15, 0.2) is 0 Å². The summed E-state index contributed by atoms with van der Waals surface area (Å²) in [5.41, 5.74) is -2.41. The second kappa shape index (κ2) is 7.16. The Morgan fingerprint density at radius 2 is 2.21 bits per heavy atom. The first-order valence-electron chi connectivity index (χ1n) is 7.48. The van der Waals surface area contributed by atoms with Gasteiger partial charge >= 0.3 is 6.18 Å². The lowest BCUT2D eigenvalue weighted by Crippen LogP contribution is -2.40. The number of ether oxygens (including phenoxy) is 1. The zero-order valence-corrected chi connectivity index (χ0v) is 12.9. The molecule has 0 aliphatic carbocycles. The minimum absolute atomic E-state index is 0.0902. The summed E-state index contributed by atoms with van der Waals surface area (Å²) in [5, 5.41) is 13.7. The molecule has 1 fully saturated rings. The van der Waals surface area contributed by atoms with Crippen molar-refractivity contribution in [2.45, 2.75) is 32.0 Å². The molecule has 9 heteroatoms. The van der Waals surface area contributed by atoms with Crippen molar-refractivity contribution in [2.75, 3.05) is 13.2 Å². The fraction of sp³-hybridized carbons (Fsp3) is 0.533. The van der Waals surface area contributed by atoms with Crippen molar-refractivity contribution in [1.29, 1.82) is 0 Å². The topological polar surface area (TPSA) is 81.5 Å². The molecule has 1 saturated heterocycles. The van der Waals surface area contributed by atoms with Crippen LogP contribution in [0.4, 0.5) is 18.9 Å². The molecule has 1 heterocycles. The second-order valence-corrected chi connectivity index (χ2v) is 5.60. The summed E-state index contributed by atoms with van der Waals surface area (Å²) in [5.74, 6) is -0.665. The molecular weight excluding hydrogens is 329 g/mol. The van der Waals surface area contributed by atoms with Gasteiger partial charge in [-0.3, -0.25) is 14.9 Å². The molecule has 2 atom stereocenters. The van der Waals surface area contributed by atoms with E-state index in [1.807, 2.05) is 6.92 Å². The molecular formula is C15H17F3N2O4. The Bertz CT molecular complexity index is 628. The van der Waals surface area contributed by atoms with Gasteiger partial charge in [-0.05, 0) is 25.0 Å². The van der Waals surface area contributed by atoms with Crippen LogP contribution in [0.3, 0.4) is 0 Å². The number of hydrogen-bond donors (Lipinski definition) is 1. The number of rotatable bonds is 5. The van der Waals surface area contributed by atoms with Crippen LogP contribution in [0.1, 0.15) is 35.7 Å². The Morgan fingerprint density at radius 3 is 2.71 bits per heavy atom. The summed E-state index contributed by atoms with van der Waals surface area (Å²) < 4.78 is 43.3. The number of nitro groups is 1. The first kappa shape index (κ1) is 18.2. The monoisotopic (exact) mass is 346 g/mol. The van der Waals surface area contributed by atoms with E-state index in [0.29, 0.717) is 31.8 Å². The number of amides is 1. The quantitative estimate of drug-likeness (QED) is 0.656. The maximum absolute atomic E-state index is 12.7. The van der Waals surface area contributed by atoms with Crippen LogP contribution >= 0.6 is 0 Å². The minimum atomic E-state index is -4.72. The number of halogens is 3. The van der Waals surface area contributed by atoms with E-state index in [1.54, 1.807) is 0 Å². The SMILES string of the molecule is CC[C@H](NC(=O)c1ccc(C(F)(F)F)cc1[N+](=O)[O-])[C@@H]1CCOC1. The highest BCUT2D eigenvalue weighted by Gasteiger charge is 2.34. The molecule has 1 aromatic rings. The summed E-state index contributed by atoms with van der Waals surface area (Å²) in [6, 6.07) is 1.64. The molecule has 0 radical (unpaired) electrons. The summed E-state index contributed by atoms with van der Waals surface area (Å²) in [6.07, 6.45) is -3.37. The number of nitrogens with zero attached hydrogens (tertiary/aromatic N) is 1. The Hall–Kier alpha value is -2.16. The van der Waals surface area contributed by atoms with Crippen molar-refractivity contribution in [2.24, 2.45) is 5.92 Å². The molecule has 24 heavy (non-hydrogen) atoms. The first-order valence-corrected chi connectivity index (χ1v) is 7.48. The second-order valence-electron chi connectivity index (χ2n) is 5.60. The number of benzene rings is 1. The average Bonchev–Trinajstić information content (AvgIpc) is 3.05. The third-order valence-electron chi connectivity index (χ3n) is 4.06. The average molecular weight is 346 g/mol. The van der Waals surface area contributed by atoms with Crippen molar-refractivity contribution in [3.8, 4) is 0 Å². The van der Waals surface area contributed by atoms with Crippen molar-refractivity contribution < 1.29 is 27.6 Å². The highest BCUT2D eigenvalue weighted by Crippen LogP contribution is 2.33. The number of nitro benzene ring substituents is 1. The standard InChI is InChI=1S/C15H17F3N2O4/c1-2-12(9-5-6-24-8-9)19-14(21)11-4-3-10(15(16,17)18)7-13(11)20(22)23/h3-4,7,9,12H,2,5-6,8H2,1H3,(H,19,21)/t9-,12+/m1/s1. The normalized spacial score (nSPS) is 19.1. The number of nitrogens with one attached hydrogen (secondary N) is 1. The third kappa shape index (κ3) is 4.02. The predicted octanol–water partition coefficient (Wildman–Crippen LogP) is 3.16. The summed E-state index contributed by atoms with van der Waals surface area (Å²) >= 11 is 0. The van der Waals surface area contributed by atoms with Gasteiger partial charge in [-0.15, -0.1) is 0 Å². The molecule has 1 aromatic carbocycles. The molecule has 132 valence electrons. The summed E-state index contributed by atoms with van der Waals surface area (Å²) in [7, 11) is 0. The molecule has 0 saturated carbocycles. The number of carbonyl (C=O) groups excluding carboxylic acids is 1. The molecule has 0 aromatic heterocycles. The molecule has 1 amide bonds. The highest BCUT2D eigenvalue weighted by molar-refractivity contribution is 5.98. The van der Waals surface area contributed by atoms with E-state index in [0.717, 1.165) is 12.5 Å². The molecule has 1 aliphatic heterocycles. The predicted molar refractivity (Wildman–Crippen MR) is 78.6 cm³/mol. The van der Waals surface area contributed by atoms with E-state index in [9.17, 15) is 28.1 Å². The first-order chi connectivity index (χ1) is 11.2. The van der Waals surface area contributed by atoms with Crippen LogP contribution < -0.4 is 5.32 Å². The number of carbonyl (C=O) groups is 1. The molecule has 0 spiro atoms. The lowest BCUT2D eigenvalue weighted by Gasteiger charge is -2.22. The van der Waals surface area contributed by atoms with Gasteiger partial charge in [0.05, 0.1) is 17.1 Å². The zero-order valence-electron chi connectivity index (χ0n) is 12.9. The van der Waals surface area contributed by atoms with E-state index in [2.05, 4.69) is 5.32 Å². The molecule has 2 rings (SSSR count). The van der Waals surface area contributed by atoms with E-state index >= 15 is 0 Å². The Morgan fingerprint density at radius 1 is 1.50 bits per heavy atom. The molecule has 6 nitrogen and oxygen atoms in total. The Kier molecular flexibility index (Phi) is 5.43. The van der Waals surface area contributed by atoms with Crippen LogP contribution in [0.25, 0.3) is 0 Å². The Balaban J connectivity index is 2.26. The van der Waals surface area contributed by atoms with Gasteiger partial charge in [0.1, 0.15) is 5.56 Å². The van der Waals surface area contributed by atoms with E-state index in [4.69, 9.17) is 4.74 Å². The van der Waals surface area contributed by atoms with Gasteiger partial charge in [0.25, 0.3) is 11.6 Å². The molecule has 0 bridgehead atoms. The fourth-order valence-corrected chi connectivity index (χ4v) is 2.72. The smallest absolute Gasteiger partial charge is 0.381 e. The van der Waals surface area contributed by atoms with Crippen molar-refractivity contribution in [3.05, 3.63) is 39.4 Å². The van der Waals surface area contributed by atoms with Crippen molar-refractivity contribution >= 4 is 11.6 Å². The third-order valence-corrected chi connectivity index (χ3v) is 4.06. The van der Waals surface area contributed by atoms with E-state index in [-0.39, 0.29) is 17.5 Å². The van der Waals surface area contributed by atoms with Gasteiger partial charge < -0.3 is 10.1 Å². The van der Waals surface area contributed by atoms with Gasteiger partial charge in [0.2, 0.25) is 0 Å². The van der Waals surface area contributed by atoms with Crippen molar-refractivity contribution in [1.82, 2.24) is 5.32 Å². The van der Waals surface area contributed by atoms with E-state index in [1.165, 1.54) is 0 Å². The lowest BCUT2D eigenvalue weighted by molar-refractivity contribution is -0.385. The van der Waals surface area contributed by atoms with Crippen LogP contribution in [0, 0.1) is 16.0 Å². The zero-order chi connectivity index (χ0) is 17.9. The Labute approximate surface area is 136 Å². The maximum Gasteiger partial charge on any atom is 0.416 e. The number of hydrogen-bond acceptors (Lipinski definition) is 4. The van der Waals surface area contributed by atoms with Crippen LogP contribution in [0.15, 0.2) is 18.2 Å². The fourth-order valence-electron chi connectivity index (χ4n) is 2.72. The van der Waals surface area contributed by atoms with Gasteiger partial charge in [0, 0.05) is 24.6 Å². The van der Waals surface area contributed by atoms with Crippen LogP contribution in [0.5, 0.6) is 0 Å². The minimum Gasteiger partial charge on any atom is -0.381 e. The molecule has 1 N–H and O–H groups in total. The number of alkyl halides is 3. The maximum atomic E-state index is 12.7. The molecule has 1 aliphatic rings. The largest absolute Gasteiger partial charge is 0.416 e. The van der Waals surface area contributed by atoms with Gasteiger partial charge in [-0.25, -0.2) is 0 Å². The van der Waals surface area contributed by atoms with Gasteiger partial charge in [-0.2, -0.15) is 13.2 Å². The molecule has 0 unspecified atom stereocenters. The summed E-state index contributed by atoms with van der Waals surface area (Å²) in [4.78, 5) is 22.4. The van der Waals surface area contributed by atoms with Crippen LogP contribution in [-0.4, -0.2) is 30.1 Å². The highest BCUT2D eigenvalue weighted by atomic mass is 19.4. The van der Waals surface area contributed by atoms with E-state index < -0.39 is 28.3 Å².